The molecule has 0 radical (unpaired) electrons. The first-order valence-electron chi connectivity index (χ1n) is 10.7. The number of urea groups is 1. The molecule has 3 aromatic rings. The Hall–Kier alpha value is -4.07. The summed E-state index contributed by atoms with van der Waals surface area (Å²) in [5, 5.41) is 7.34. The molecule has 8 nitrogen and oxygen atoms in total. The lowest BCUT2D eigenvalue weighted by Gasteiger charge is -2.26. The number of imide groups is 1. The average molecular weight is 445 g/mol. The number of ether oxygens (including phenoxy) is 2. The minimum atomic E-state index is -1.26. The standard InChI is InChI=1S/C25H23N3O5/c1-25(19-10-6-8-16-7-2-3-9-18(16)19)23(30)28(24(31)27-25)14-22(29)26-13-17-15-32-20-11-4-5-12-21(20)33-17/h2-12,17H,13-15H2,1H3,(H,26,29)(H,27,31). The molecule has 0 bridgehead atoms. The van der Waals surface area contributed by atoms with Gasteiger partial charge in [0.15, 0.2) is 11.5 Å². The highest BCUT2D eigenvalue weighted by atomic mass is 16.6. The van der Waals surface area contributed by atoms with Crippen LogP contribution in [0.25, 0.3) is 10.8 Å². The molecule has 5 rings (SSSR count). The molecule has 0 spiro atoms. The third kappa shape index (κ3) is 3.73. The second kappa shape index (κ2) is 8.12. The Balaban J connectivity index is 1.25. The normalized spacial score (nSPS) is 21.7. The van der Waals surface area contributed by atoms with Crippen LogP contribution in [0.4, 0.5) is 4.79 Å². The number of amides is 4. The van der Waals surface area contributed by atoms with Crippen LogP contribution in [-0.4, -0.2) is 48.5 Å². The molecule has 0 saturated carbocycles. The van der Waals surface area contributed by atoms with Crippen molar-refractivity contribution < 1.29 is 23.9 Å². The van der Waals surface area contributed by atoms with Crippen LogP contribution in [0.1, 0.15) is 12.5 Å². The van der Waals surface area contributed by atoms with Crippen molar-refractivity contribution in [3.05, 3.63) is 72.3 Å². The number of nitrogens with zero attached hydrogens (tertiary/aromatic N) is 1. The molecule has 2 atom stereocenters. The molecule has 8 heteroatoms. The summed E-state index contributed by atoms with van der Waals surface area (Å²) in [5.74, 6) is 0.350. The molecule has 1 fully saturated rings. The highest BCUT2D eigenvalue weighted by molar-refractivity contribution is 6.10. The summed E-state index contributed by atoms with van der Waals surface area (Å²) in [7, 11) is 0. The maximum Gasteiger partial charge on any atom is 0.325 e. The molecule has 2 aliphatic rings. The zero-order valence-corrected chi connectivity index (χ0v) is 18.0. The fourth-order valence-electron chi connectivity index (χ4n) is 4.28. The Morgan fingerprint density at radius 3 is 2.64 bits per heavy atom. The van der Waals surface area contributed by atoms with Gasteiger partial charge in [-0.15, -0.1) is 0 Å². The van der Waals surface area contributed by atoms with Gasteiger partial charge in [-0.3, -0.25) is 14.5 Å². The van der Waals surface area contributed by atoms with E-state index in [0.29, 0.717) is 23.7 Å². The number of fused-ring (bicyclic) bond motifs is 2. The fraction of sp³-hybridized carbons (Fsp3) is 0.240. The molecule has 33 heavy (non-hydrogen) atoms. The van der Waals surface area contributed by atoms with Gasteiger partial charge in [-0.05, 0) is 35.4 Å². The van der Waals surface area contributed by atoms with Crippen LogP contribution >= 0.6 is 0 Å². The van der Waals surface area contributed by atoms with Crippen LogP contribution < -0.4 is 20.1 Å². The Morgan fingerprint density at radius 2 is 1.79 bits per heavy atom. The summed E-state index contributed by atoms with van der Waals surface area (Å²) >= 11 is 0. The molecule has 0 aromatic heterocycles. The minimum Gasteiger partial charge on any atom is -0.486 e. The quantitative estimate of drug-likeness (QED) is 0.589. The third-order valence-electron chi connectivity index (χ3n) is 6.00. The summed E-state index contributed by atoms with van der Waals surface area (Å²) in [6.45, 7) is 1.77. The first kappa shape index (κ1) is 20.8. The van der Waals surface area contributed by atoms with E-state index in [1.165, 1.54) is 0 Å². The monoisotopic (exact) mass is 445 g/mol. The predicted octanol–water partition coefficient (Wildman–Crippen LogP) is 2.56. The third-order valence-corrected chi connectivity index (χ3v) is 6.00. The highest BCUT2D eigenvalue weighted by Gasteiger charge is 2.50. The van der Waals surface area contributed by atoms with Crippen molar-refractivity contribution >= 4 is 28.6 Å². The van der Waals surface area contributed by atoms with Gasteiger partial charge in [0.2, 0.25) is 5.91 Å². The Bertz CT molecular complexity index is 1250. The largest absolute Gasteiger partial charge is 0.486 e. The molecule has 2 heterocycles. The van der Waals surface area contributed by atoms with Gasteiger partial charge in [-0.2, -0.15) is 0 Å². The van der Waals surface area contributed by atoms with E-state index in [2.05, 4.69) is 10.6 Å². The molecule has 2 N–H and O–H groups in total. The van der Waals surface area contributed by atoms with E-state index in [1.54, 1.807) is 13.0 Å². The predicted molar refractivity (Wildman–Crippen MR) is 121 cm³/mol. The van der Waals surface area contributed by atoms with Crippen LogP contribution in [0.2, 0.25) is 0 Å². The topological polar surface area (TPSA) is 97.0 Å². The van der Waals surface area contributed by atoms with Gasteiger partial charge in [0.05, 0.1) is 6.54 Å². The van der Waals surface area contributed by atoms with Crippen molar-refractivity contribution in [3.8, 4) is 11.5 Å². The summed E-state index contributed by atoms with van der Waals surface area (Å²) < 4.78 is 11.5. The molecule has 1 saturated heterocycles. The van der Waals surface area contributed by atoms with Crippen molar-refractivity contribution in [2.75, 3.05) is 19.7 Å². The zero-order valence-electron chi connectivity index (χ0n) is 18.0. The number of para-hydroxylation sites is 2. The number of nitrogens with one attached hydrogen (secondary N) is 2. The highest BCUT2D eigenvalue weighted by Crippen LogP contribution is 2.34. The van der Waals surface area contributed by atoms with Crippen molar-refractivity contribution in [1.29, 1.82) is 0 Å². The van der Waals surface area contributed by atoms with Gasteiger partial charge in [-0.25, -0.2) is 4.79 Å². The van der Waals surface area contributed by atoms with E-state index in [9.17, 15) is 14.4 Å². The van der Waals surface area contributed by atoms with Crippen molar-refractivity contribution in [2.24, 2.45) is 0 Å². The van der Waals surface area contributed by atoms with Gasteiger partial charge in [0.1, 0.15) is 24.8 Å². The van der Waals surface area contributed by atoms with E-state index >= 15 is 0 Å². The number of benzene rings is 3. The van der Waals surface area contributed by atoms with Gasteiger partial charge >= 0.3 is 6.03 Å². The average Bonchev–Trinajstić information content (AvgIpc) is 3.06. The Kier molecular flexibility index (Phi) is 5.12. The molecule has 2 aliphatic heterocycles. The molecule has 4 amide bonds. The molecular formula is C25H23N3O5. The Morgan fingerprint density at radius 1 is 1.06 bits per heavy atom. The van der Waals surface area contributed by atoms with E-state index in [0.717, 1.165) is 15.7 Å². The molecule has 0 aliphatic carbocycles. The van der Waals surface area contributed by atoms with Gasteiger partial charge < -0.3 is 20.1 Å². The number of carbonyl (C=O) groups excluding carboxylic acids is 3. The molecule has 2 unspecified atom stereocenters. The maximum absolute atomic E-state index is 13.3. The molecule has 168 valence electrons. The summed E-state index contributed by atoms with van der Waals surface area (Å²) in [6.07, 6.45) is -0.368. The summed E-state index contributed by atoms with van der Waals surface area (Å²) in [6, 6.07) is 20.0. The van der Waals surface area contributed by atoms with Gasteiger partial charge in [0.25, 0.3) is 5.91 Å². The minimum absolute atomic E-state index is 0.192. The maximum atomic E-state index is 13.3. The van der Waals surface area contributed by atoms with E-state index < -0.39 is 23.4 Å². The van der Waals surface area contributed by atoms with E-state index in [4.69, 9.17) is 9.47 Å². The van der Waals surface area contributed by atoms with Crippen molar-refractivity contribution in [3.63, 3.8) is 0 Å². The lowest BCUT2D eigenvalue weighted by Crippen LogP contribution is -2.46. The number of carbonyl (C=O) groups is 3. The Labute approximate surface area is 190 Å². The lowest BCUT2D eigenvalue weighted by atomic mass is 9.88. The number of hydrogen-bond donors (Lipinski definition) is 2. The van der Waals surface area contributed by atoms with Crippen LogP contribution in [0.15, 0.2) is 66.7 Å². The van der Waals surface area contributed by atoms with Crippen LogP contribution in [0.5, 0.6) is 11.5 Å². The SMILES string of the molecule is CC1(c2cccc3ccccc23)NC(=O)N(CC(=O)NCC2COc3ccccc3O2)C1=O. The number of hydrogen-bond acceptors (Lipinski definition) is 5. The zero-order chi connectivity index (χ0) is 23.0. The second-order valence-corrected chi connectivity index (χ2v) is 8.27. The van der Waals surface area contributed by atoms with E-state index in [1.807, 2.05) is 60.7 Å². The first-order valence-corrected chi connectivity index (χ1v) is 10.7. The molecule has 3 aromatic carbocycles. The van der Waals surface area contributed by atoms with Crippen LogP contribution in [0.3, 0.4) is 0 Å². The van der Waals surface area contributed by atoms with Crippen molar-refractivity contribution in [1.82, 2.24) is 15.5 Å². The summed E-state index contributed by atoms with van der Waals surface area (Å²) in [4.78, 5) is 39.4. The fourth-order valence-corrected chi connectivity index (χ4v) is 4.28. The lowest BCUT2D eigenvalue weighted by molar-refractivity contribution is -0.134. The molecular weight excluding hydrogens is 422 g/mol. The van der Waals surface area contributed by atoms with Gasteiger partial charge in [-0.1, -0.05) is 54.6 Å². The van der Waals surface area contributed by atoms with E-state index in [-0.39, 0.29) is 19.2 Å². The first-order chi connectivity index (χ1) is 16.0. The van der Waals surface area contributed by atoms with Crippen molar-refractivity contribution in [2.45, 2.75) is 18.6 Å². The van der Waals surface area contributed by atoms with Gasteiger partial charge in [0, 0.05) is 0 Å². The van der Waals surface area contributed by atoms with Crippen LogP contribution in [-0.2, 0) is 15.1 Å². The second-order valence-electron chi connectivity index (χ2n) is 8.27. The number of rotatable bonds is 5. The van der Waals surface area contributed by atoms with Crippen LogP contribution in [0, 0.1) is 0 Å². The summed E-state index contributed by atoms with van der Waals surface area (Å²) in [5.41, 5.74) is -0.573. The smallest absolute Gasteiger partial charge is 0.325 e.